The van der Waals surface area contributed by atoms with Gasteiger partial charge in [-0.25, -0.2) is 4.79 Å². The van der Waals surface area contributed by atoms with Crippen LogP contribution in [0.3, 0.4) is 0 Å². The van der Waals surface area contributed by atoms with Gasteiger partial charge in [0, 0.05) is 11.6 Å². The first-order valence-electron chi connectivity index (χ1n) is 5.10. The summed E-state index contributed by atoms with van der Waals surface area (Å²) in [6.07, 6.45) is 2.60. The molecule has 0 radical (unpaired) electrons. The zero-order valence-corrected chi connectivity index (χ0v) is 9.34. The Balaban J connectivity index is 2.09. The molecule has 1 aliphatic carbocycles. The van der Waals surface area contributed by atoms with Crippen LogP contribution in [0.1, 0.15) is 18.4 Å². The minimum Gasteiger partial charge on any atom is -0.508 e. The summed E-state index contributed by atoms with van der Waals surface area (Å²) in [5.41, 5.74) is 7.12. The van der Waals surface area contributed by atoms with Gasteiger partial charge < -0.3 is 15.3 Å². The van der Waals surface area contributed by atoms with Crippen LogP contribution in [-0.4, -0.2) is 10.6 Å². The molecule has 1 saturated carbocycles. The first kappa shape index (κ1) is 9.86. The zero-order chi connectivity index (χ0) is 11.3. The molecule has 16 heavy (non-hydrogen) atoms. The van der Waals surface area contributed by atoms with Crippen molar-refractivity contribution in [2.24, 2.45) is 5.73 Å². The standard InChI is InChI=1S/C11H11NO3S/c12-11(1-2-11)5-6-3-8-9(4-7(6)13)16-10(14)15-8/h3-4,13H,1-2,5,12H2. The van der Waals surface area contributed by atoms with Gasteiger partial charge in [-0.2, -0.15) is 0 Å². The third kappa shape index (κ3) is 1.62. The van der Waals surface area contributed by atoms with Gasteiger partial charge in [0.25, 0.3) is 0 Å². The van der Waals surface area contributed by atoms with Gasteiger partial charge >= 0.3 is 4.94 Å². The van der Waals surface area contributed by atoms with Crippen LogP contribution in [-0.2, 0) is 6.42 Å². The smallest absolute Gasteiger partial charge is 0.396 e. The van der Waals surface area contributed by atoms with E-state index in [2.05, 4.69) is 0 Å². The average molecular weight is 237 g/mol. The molecule has 0 amide bonds. The highest BCUT2D eigenvalue weighted by Gasteiger charge is 2.38. The molecule has 5 heteroatoms. The Hall–Kier alpha value is -1.33. The molecule has 4 nitrogen and oxygen atoms in total. The third-order valence-electron chi connectivity index (χ3n) is 2.97. The number of aromatic hydroxyl groups is 1. The maximum atomic E-state index is 11.1. The van der Waals surface area contributed by atoms with Crippen LogP contribution in [0.4, 0.5) is 0 Å². The monoisotopic (exact) mass is 237 g/mol. The first-order chi connectivity index (χ1) is 7.56. The SMILES string of the molecule is NC1(Cc2cc3oc(=O)sc3cc2O)CC1. The van der Waals surface area contributed by atoms with E-state index < -0.39 is 0 Å². The minimum absolute atomic E-state index is 0.165. The van der Waals surface area contributed by atoms with Crippen LogP contribution in [0, 0.1) is 0 Å². The molecule has 0 atom stereocenters. The lowest BCUT2D eigenvalue weighted by Crippen LogP contribution is -2.24. The van der Waals surface area contributed by atoms with E-state index in [4.69, 9.17) is 10.2 Å². The molecule has 0 bridgehead atoms. The molecular formula is C11H11NO3S. The fourth-order valence-corrected chi connectivity index (χ4v) is 2.49. The number of phenolic OH excluding ortho intramolecular Hbond substituents is 1. The second-order valence-electron chi connectivity index (χ2n) is 4.42. The molecule has 0 aliphatic heterocycles. The van der Waals surface area contributed by atoms with Gasteiger partial charge in [0.15, 0.2) is 0 Å². The maximum Gasteiger partial charge on any atom is 0.396 e. The van der Waals surface area contributed by atoms with E-state index >= 15 is 0 Å². The molecule has 3 N–H and O–H groups in total. The van der Waals surface area contributed by atoms with Gasteiger partial charge in [0.1, 0.15) is 11.3 Å². The normalized spacial score (nSPS) is 17.8. The molecule has 0 spiro atoms. The average Bonchev–Trinajstić information content (AvgIpc) is 2.80. The van der Waals surface area contributed by atoms with E-state index in [0.29, 0.717) is 16.7 Å². The largest absolute Gasteiger partial charge is 0.508 e. The Morgan fingerprint density at radius 3 is 2.94 bits per heavy atom. The third-order valence-corrected chi connectivity index (χ3v) is 3.76. The number of hydrogen-bond acceptors (Lipinski definition) is 5. The Morgan fingerprint density at radius 1 is 1.50 bits per heavy atom. The number of hydrogen-bond donors (Lipinski definition) is 2. The second-order valence-corrected chi connectivity index (χ2v) is 5.40. The predicted octanol–water partition coefficient (Wildman–Crippen LogP) is 1.59. The van der Waals surface area contributed by atoms with Crippen LogP contribution < -0.4 is 10.7 Å². The molecule has 2 aromatic rings. The van der Waals surface area contributed by atoms with Crippen molar-refractivity contribution in [3.63, 3.8) is 0 Å². The van der Waals surface area contributed by atoms with Crippen LogP contribution in [0.25, 0.3) is 10.3 Å². The van der Waals surface area contributed by atoms with Crippen molar-refractivity contribution in [2.75, 3.05) is 0 Å². The zero-order valence-electron chi connectivity index (χ0n) is 8.53. The van der Waals surface area contributed by atoms with E-state index in [9.17, 15) is 9.90 Å². The van der Waals surface area contributed by atoms with Crippen molar-refractivity contribution >= 4 is 21.6 Å². The van der Waals surface area contributed by atoms with E-state index in [1.54, 1.807) is 12.1 Å². The fraction of sp³-hybridized carbons (Fsp3) is 0.364. The second kappa shape index (κ2) is 3.09. The van der Waals surface area contributed by atoms with Crippen LogP contribution >= 0.6 is 11.3 Å². The highest BCUT2D eigenvalue weighted by Crippen LogP contribution is 2.38. The molecule has 84 valence electrons. The summed E-state index contributed by atoms with van der Waals surface area (Å²) in [6, 6.07) is 3.29. The first-order valence-corrected chi connectivity index (χ1v) is 5.92. The van der Waals surface area contributed by atoms with Crippen LogP contribution in [0.15, 0.2) is 21.3 Å². The van der Waals surface area contributed by atoms with E-state index in [1.807, 2.05) is 0 Å². The van der Waals surface area contributed by atoms with Crippen molar-refractivity contribution in [3.8, 4) is 5.75 Å². The highest BCUT2D eigenvalue weighted by atomic mass is 32.1. The summed E-state index contributed by atoms with van der Waals surface area (Å²) in [5, 5.41) is 9.82. The van der Waals surface area contributed by atoms with E-state index in [1.165, 1.54) is 0 Å². The van der Waals surface area contributed by atoms with Crippen molar-refractivity contribution in [2.45, 2.75) is 24.8 Å². The molecule has 0 saturated heterocycles. The van der Waals surface area contributed by atoms with E-state index in [-0.39, 0.29) is 16.2 Å². The van der Waals surface area contributed by atoms with Gasteiger partial charge in [-0.05, 0) is 30.9 Å². The number of fused-ring (bicyclic) bond motifs is 1. The highest BCUT2D eigenvalue weighted by molar-refractivity contribution is 7.16. The quantitative estimate of drug-likeness (QED) is 0.831. The van der Waals surface area contributed by atoms with Crippen LogP contribution in [0.5, 0.6) is 5.75 Å². The summed E-state index contributed by atoms with van der Waals surface area (Å²) in [4.78, 5) is 10.7. The Bertz CT molecular complexity index is 609. The van der Waals surface area contributed by atoms with Crippen LogP contribution in [0.2, 0.25) is 0 Å². The minimum atomic E-state index is -0.347. The number of rotatable bonds is 2. The molecule has 1 heterocycles. The summed E-state index contributed by atoms with van der Waals surface area (Å²) in [6.45, 7) is 0. The summed E-state index contributed by atoms with van der Waals surface area (Å²) in [7, 11) is 0. The molecule has 1 aliphatic rings. The van der Waals surface area contributed by atoms with E-state index in [0.717, 1.165) is 29.7 Å². The lowest BCUT2D eigenvalue weighted by atomic mass is 10.0. The Kier molecular flexibility index (Phi) is 1.90. The van der Waals surface area contributed by atoms with Crippen molar-refractivity contribution in [1.29, 1.82) is 0 Å². The molecule has 1 fully saturated rings. The molecule has 3 rings (SSSR count). The summed E-state index contributed by atoms with van der Waals surface area (Å²) >= 11 is 0.995. The molecule has 0 unspecified atom stereocenters. The summed E-state index contributed by atoms with van der Waals surface area (Å²) in [5.74, 6) is 0.196. The van der Waals surface area contributed by atoms with Gasteiger partial charge in [-0.1, -0.05) is 11.3 Å². The molecule has 1 aromatic carbocycles. The van der Waals surface area contributed by atoms with Gasteiger partial charge in [0.05, 0.1) is 4.70 Å². The number of phenols is 1. The fourth-order valence-electron chi connectivity index (χ4n) is 1.81. The maximum absolute atomic E-state index is 11.1. The van der Waals surface area contributed by atoms with Crippen molar-refractivity contribution in [1.82, 2.24) is 0 Å². The predicted molar refractivity (Wildman–Crippen MR) is 61.9 cm³/mol. The number of benzene rings is 1. The molecule has 1 aromatic heterocycles. The van der Waals surface area contributed by atoms with Gasteiger partial charge in [-0.15, -0.1) is 0 Å². The van der Waals surface area contributed by atoms with Gasteiger partial charge in [-0.3, -0.25) is 0 Å². The van der Waals surface area contributed by atoms with Gasteiger partial charge in [0.2, 0.25) is 0 Å². The molecular weight excluding hydrogens is 226 g/mol. The van der Waals surface area contributed by atoms with Crippen molar-refractivity contribution in [3.05, 3.63) is 27.4 Å². The Labute approximate surface area is 95.3 Å². The topological polar surface area (TPSA) is 76.5 Å². The van der Waals surface area contributed by atoms with Crippen molar-refractivity contribution < 1.29 is 9.52 Å². The summed E-state index contributed by atoms with van der Waals surface area (Å²) < 4.78 is 5.68. The lowest BCUT2D eigenvalue weighted by molar-refractivity contribution is 0.464. The Morgan fingerprint density at radius 2 is 2.25 bits per heavy atom. The lowest BCUT2D eigenvalue weighted by Gasteiger charge is -2.09. The number of nitrogens with two attached hydrogens (primary N) is 1.